The lowest BCUT2D eigenvalue weighted by molar-refractivity contribution is -0.0934. The van der Waals surface area contributed by atoms with Crippen molar-refractivity contribution in [3.05, 3.63) is 129 Å². The summed E-state index contributed by atoms with van der Waals surface area (Å²) in [7, 11) is 1.32. The van der Waals surface area contributed by atoms with Crippen molar-refractivity contribution < 1.29 is 32.4 Å². The first-order valence-corrected chi connectivity index (χ1v) is 18.6. The molecule has 1 aliphatic heterocycles. The Bertz CT molecular complexity index is 1860. The number of aromatic amines is 1. The first-order valence-electron chi connectivity index (χ1n) is 17.4. The molecular weight excluding hydrogens is 700 g/mol. The van der Waals surface area contributed by atoms with E-state index in [1.807, 2.05) is 111 Å². The zero-order valence-corrected chi connectivity index (χ0v) is 31.7. The molecule has 3 aromatic carbocycles. The van der Waals surface area contributed by atoms with E-state index in [0.29, 0.717) is 17.9 Å². The maximum Gasteiger partial charge on any atom is 0.330 e. The third-order valence-electron chi connectivity index (χ3n) is 8.94. The molecule has 282 valence electrons. The number of nitrogens with zero attached hydrogens (tertiary/aromatic N) is 2. The smallest absolute Gasteiger partial charge is 0.330 e. The van der Waals surface area contributed by atoms with E-state index < -0.39 is 50.0 Å². The molecule has 1 aromatic heterocycles. The van der Waals surface area contributed by atoms with Crippen LogP contribution in [0.2, 0.25) is 0 Å². The summed E-state index contributed by atoms with van der Waals surface area (Å²) in [6.07, 6.45) is 1.43. The number of halogens is 1. The van der Waals surface area contributed by atoms with Gasteiger partial charge in [-0.05, 0) is 68.7 Å². The molecule has 4 aromatic rings. The van der Waals surface area contributed by atoms with E-state index in [0.717, 1.165) is 27.3 Å². The highest BCUT2D eigenvalue weighted by Crippen LogP contribution is 2.51. The average Bonchev–Trinajstić information content (AvgIpc) is 3.46. The van der Waals surface area contributed by atoms with Gasteiger partial charge in [-0.15, -0.1) is 12.3 Å². The molecule has 0 amide bonds. The molecular formula is C40H47FN3O8P. The van der Waals surface area contributed by atoms with Crippen molar-refractivity contribution in [2.75, 3.05) is 27.4 Å². The molecule has 13 heteroatoms. The van der Waals surface area contributed by atoms with Crippen molar-refractivity contribution in [2.24, 2.45) is 0 Å². The molecule has 5 atom stereocenters. The number of aromatic nitrogens is 2. The number of hydrogen-bond donors (Lipinski definition) is 1. The van der Waals surface area contributed by atoms with E-state index in [-0.39, 0.29) is 25.3 Å². The second-order valence-corrected chi connectivity index (χ2v) is 14.4. The Balaban J connectivity index is 1.62. The molecule has 1 saturated heterocycles. The van der Waals surface area contributed by atoms with Crippen LogP contribution < -0.4 is 20.7 Å². The molecule has 5 rings (SSSR count). The molecule has 0 aliphatic carbocycles. The number of hydrogen-bond acceptors (Lipinski definition) is 9. The van der Waals surface area contributed by atoms with E-state index in [9.17, 15) is 9.59 Å². The van der Waals surface area contributed by atoms with Crippen LogP contribution in [0.5, 0.6) is 11.5 Å². The van der Waals surface area contributed by atoms with E-state index in [4.69, 9.17) is 34.4 Å². The summed E-state index contributed by atoms with van der Waals surface area (Å²) in [5, 5.41) is 0. The van der Waals surface area contributed by atoms with Crippen LogP contribution >= 0.6 is 8.53 Å². The van der Waals surface area contributed by atoms with Crippen LogP contribution in [0.15, 0.2) is 101 Å². The molecule has 0 bridgehead atoms. The number of H-pyrrole nitrogens is 1. The van der Waals surface area contributed by atoms with E-state index in [2.05, 4.69) is 10.9 Å². The van der Waals surface area contributed by atoms with Gasteiger partial charge < -0.3 is 28.0 Å². The van der Waals surface area contributed by atoms with Crippen LogP contribution in [0.3, 0.4) is 0 Å². The SMILES string of the molecule is C#CCCOP(O[C@H]1[C@@H](F)[C@H](n2ccc(=O)[nH]c2=O)O[C@@H]1COC(c1ccccc1)(c1ccc(OC)cc1)c1ccc(OC)cc1)N(C(C)C)C(C)C. The maximum atomic E-state index is 17.0. The second-order valence-electron chi connectivity index (χ2n) is 13.0. The van der Waals surface area contributed by atoms with Crippen molar-refractivity contribution in [1.29, 1.82) is 0 Å². The van der Waals surface area contributed by atoms with Crippen LogP contribution in [0.25, 0.3) is 0 Å². The fourth-order valence-electron chi connectivity index (χ4n) is 6.50. The lowest BCUT2D eigenvalue weighted by atomic mass is 9.80. The van der Waals surface area contributed by atoms with Crippen LogP contribution in [0.1, 0.15) is 57.0 Å². The molecule has 2 heterocycles. The highest BCUT2D eigenvalue weighted by Gasteiger charge is 2.51. The van der Waals surface area contributed by atoms with Crippen molar-refractivity contribution >= 4 is 8.53 Å². The monoisotopic (exact) mass is 747 g/mol. The van der Waals surface area contributed by atoms with Gasteiger partial charge in [-0.25, -0.2) is 13.9 Å². The lowest BCUT2D eigenvalue weighted by Gasteiger charge is -2.39. The van der Waals surface area contributed by atoms with Gasteiger partial charge in [0, 0.05) is 30.8 Å². The number of nitrogens with one attached hydrogen (secondary N) is 1. The summed E-state index contributed by atoms with van der Waals surface area (Å²) in [4.78, 5) is 27.1. The molecule has 53 heavy (non-hydrogen) atoms. The van der Waals surface area contributed by atoms with Crippen molar-refractivity contribution in [2.45, 2.75) is 76.4 Å². The van der Waals surface area contributed by atoms with E-state index >= 15 is 4.39 Å². The molecule has 0 saturated carbocycles. The second kappa shape index (κ2) is 18.1. The van der Waals surface area contributed by atoms with Gasteiger partial charge in [0.05, 0.1) is 27.4 Å². The van der Waals surface area contributed by atoms with Gasteiger partial charge in [-0.3, -0.25) is 14.3 Å². The quantitative estimate of drug-likeness (QED) is 0.0555. The normalized spacial score (nSPS) is 19.4. The van der Waals surface area contributed by atoms with Gasteiger partial charge in [0.25, 0.3) is 14.1 Å². The number of ether oxygens (including phenoxy) is 4. The van der Waals surface area contributed by atoms with Gasteiger partial charge in [0.2, 0.25) is 0 Å². The van der Waals surface area contributed by atoms with Gasteiger partial charge in [0.15, 0.2) is 12.4 Å². The van der Waals surface area contributed by atoms with Gasteiger partial charge in [-0.2, -0.15) is 0 Å². The van der Waals surface area contributed by atoms with Gasteiger partial charge >= 0.3 is 5.69 Å². The third kappa shape index (κ3) is 8.90. The number of methoxy groups -OCH3 is 2. The summed E-state index contributed by atoms with van der Waals surface area (Å²) in [5.74, 6) is 3.89. The average molecular weight is 748 g/mol. The Kier molecular flexibility index (Phi) is 13.6. The Morgan fingerprint density at radius 1 is 0.906 bits per heavy atom. The minimum atomic E-state index is -1.87. The molecule has 1 aliphatic rings. The highest BCUT2D eigenvalue weighted by molar-refractivity contribution is 7.44. The minimum Gasteiger partial charge on any atom is -0.497 e. The van der Waals surface area contributed by atoms with Crippen LogP contribution in [0, 0.1) is 12.3 Å². The molecule has 0 radical (unpaired) electrons. The molecule has 1 fully saturated rings. The summed E-state index contributed by atoms with van der Waals surface area (Å²) in [6.45, 7) is 8.01. The molecule has 0 spiro atoms. The largest absolute Gasteiger partial charge is 0.497 e. The first-order chi connectivity index (χ1) is 25.5. The zero-order chi connectivity index (χ0) is 38.1. The Morgan fingerprint density at radius 2 is 1.47 bits per heavy atom. The number of terminal acetylenes is 1. The molecule has 11 nitrogen and oxygen atoms in total. The highest BCUT2D eigenvalue weighted by atomic mass is 31.2. The van der Waals surface area contributed by atoms with Gasteiger partial charge in [-0.1, -0.05) is 54.6 Å². The van der Waals surface area contributed by atoms with Crippen LogP contribution in [0.4, 0.5) is 4.39 Å². The van der Waals surface area contributed by atoms with Gasteiger partial charge in [0.1, 0.15) is 29.3 Å². The summed E-state index contributed by atoms with van der Waals surface area (Å²) >= 11 is 0. The topological polar surface area (TPSA) is 113 Å². The Hall–Kier alpha value is -4.34. The molecule has 1 unspecified atom stereocenters. The Labute approximate surface area is 310 Å². The van der Waals surface area contributed by atoms with Crippen molar-refractivity contribution in [3.8, 4) is 23.8 Å². The van der Waals surface area contributed by atoms with E-state index in [1.54, 1.807) is 14.2 Å². The predicted octanol–water partition coefficient (Wildman–Crippen LogP) is 6.57. The van der Waals surface area contributed by atoms with Crippen molar-refractivity contribution in [3.63, 3.8) is 0 Å². The fourth-order valence-corrected chi connectivity index (χ4v) is 8.26. The number of rotatable bonds is 17. The first kappa shape index (κ1) is 39.9. The van der Waals surface area contributed by atoms with Crippen molar-refractivity contribution in [1.82, 2.24) is 14.2 Å². The summed E-state index contributed by atoms with van der Waals surface area (Å²) in [6, 6.07) is 25.8. The summed E-state index contributed by atoms with van der Waals surface area (Å²) < 4.78 is 57.3. The van der Waals surface area contributed by atoms with E-state index in [1.165, 1.54) is 6.20 Å². The van der Waals surface area contributed by atoms with Crippen LogP contribution in [-0.2, 0) is 24.1 Å². The minimum absolute atomic E-state index is 0.0319. The fraction of sp³-hybridized carbons (Fsp3) is 0.400. The van der Waals surface area contributed by atoms with Crippen LogP contribution in [-0.4, -0.2) is 72.1 Å². The predicted molar refractivity (Wildman–Crippen MR) is 202 cm³/mol. The molecule has 1 N–H and O–H groups in total. The summed E-state index contributed by atoms with van der Waals surface area (Å²) in [5.41, 5.74) is -0.362. The lowest BCUT2D eigenvalue weighted by Crippen LogP contribution is -2.41. The number of alkyl halides is 1. The zero-order valence-electron chi connectivity index (χ0n) is 30.8. The third-order valence-corrected chi connectivity index (χ3v) is 11.1. The maximum absolute atomic E-state index is 17.0. The standard InChI is InChI=1S/C40H47FN3O8P/c1-8-9-25-50-53(44(27(2)3)28(4)5)52-37-34(51-38(36(37)41)43-24-23-35(45)42-39(43)46)26-49-40(29-13-11-10-12-14-29,30-15-19-32(47-6)20-16-30)31-17-21-33(48-7)22-18-31/h1,10-24,27-28,34,36-38H,9,25-26H2,2-7H3,(H,42,45,46)/t34-,36-,37-,38-,53?/m1/s1. The number of benzene rings is 3. The Morgan fingerprint density at radius 3 is 1.98 bits per heavy atom.